The van der Waals surface area contributed by atoms with Gasteiger partial charge in [-0.1, -0.05) is 60.7 Å². The lowest BCUT2D eigenvalue weighted by molar-refractivity contribution is -0.144. The molecule has 1 unspecified atom stereocenters. The number of hydrogen-bond acceptors (Lipinski definition) is 6. The SMILES string of the molecule is COC(=O)CC(NC(=O)OCc1ccccc1)C(=O)C(=O)NCc1ccccc1. The van der Waals surface area contributed by atoms with Crippen molar-refractivity contribution in [2.24, 2.45) is 0 Å². The number of esters is 1. The van der Waals surface area contributed by atoms with Crippen molar-refractivity contribution in [3.63, 3.8) is 0 Å². The van der Waals surface area contributed by atoms with E-state index in [0.29, 0.717) is 0 Å². The Kier molecular flexibility index (Phi) is 8.37. The Labute approximate surface area is 168 Å². The van der Waals surface area contributed by atoms with Gasteiger partial charge in [0, 0.05) is 6.54 Å². The molecule has 0 heterocycles. The van der Waals surface area contributed by atoms with Crippen LogP contribution >= 0.6 is 0 Å². The van der Waals surface area contributed by atoms with Gasteiger partial charge in [-0.25, -0.2) is 4.79 Å². The highest BCUT2D eigenvalue weighted by molar-refractivity contribution is 6.38. The molecule has 0 bridgehead atoms. The summed E-state index contributed by atoms with van der Waals surface area (Å²) in [5.41, 5.74) is 1.55. The highest BCUT2D eigenvalue weighted by Gasteiger charge is 2.30. The molecule has 1 atom stereocenters. The van der Waals surface area contributed by atoms with Crippen molar-refractivity contribution in [3.8, 4) is 0 Å². The number of carbonyl (C=O) groups is 4. The molecule has 0 saturated carbocycles. The zero-order chi connectivity index (χ0) is 21.1. The molecule has 0 aliphatic rings. The first kappa shape index (κ1) is 21.6. The monoisotopic (exact) mass is 398 g/mol. The van der Waals surface area contributed by atoms with E-state index in [1.807, 2.05) is 12.1 Å². The van der Waals surface area contributed by atoms with Gasteiger partial charge in [0.2, 0.25) is 5.78 Å². The zero-order valence-electron chi connectivity index (χ0n) is 15.9. The number of Topliss-reactive ketones (excluding diaryl/α,β-unsaturated/α-hetero) is 1. The minimum absolute atomic E-state index is 0.0218. The number of carbonyl (C=O) groups excluding carboxylic acids is 4. The van der Waals surface area contributed by atoms with Crippen LogP contribution in [-0.4, -0.2) is 36.9 Å². The summed E-state index contributed by atoms with van der Waals surface area (Å²) in [6, 6.07) is 16.5. The van der Waals surface area contributed by atoms with Crippen LogP contribution in [0.25, 0.3) is 0 Å². The van der Waals surface area contributed by atoms with Gasteiger partial charge in [-0.05, 0) is 11.1 Å². The first-order chi connectivity index (χ1) is 14.0. The molecule has 2 aromatic rings. The van der Waals surface area contributed by atoms with E-state index in [1.165, 1.54) is 0 Å². The smallest absolute Gasteiger partial charge is 0.408 e. The van der Waals surface area contributed by atoms with Crippen molar-refractivity contribution >= 4 is 23.8 Å². The van der Waals surface area contributed by atoms with Gasteiger partial charge in [0.15, 0.2) is 0 Å². The summed E-state index contributed by atoms with van der Waals surface area (Å²) in [7, 11) is 1.15. The Bertz CT molecular complexity index is 839. The average molecular weight is 398 g/mol. The standard InChI is InChI=1S/C21H22N2O6/c1-28-18(24)12-17(23-21(27)29-14-16-10-6-3-7-11-16)19(25)20(26)22-13-15-8-4-2-5-9-15/h2-11,17H,12-14H2,1H3,(H,22,26)(H,23,27). The molecule has 2 rings (SSSR count). The Hall–Kier alpha value is -3.68. The second-order valence-corrected chi connectivity index (χ2v) is 6.07. The van der Waals surface area contributed by atoms with Crippen LogP contribution in [0.15, 0.2) is 60.7 Å². The van der Waals surface area contributed by atoms with Crippen molar-refractivity contribution in [2.45, 2.75) is 25.6 Å². The van der Waals surface area contributed by atoms with Crippen LogP contribution in [0.1, 0.15) is 17.5 Å². The maximum absolute atomic E-state index is 12.4. The van der Waals surface area contributed by atoms with Gasteiger partial charge < -0.3 is 20.1 Å². The normalized spacial score (nSPS) is 11.1. The van der Waals surface area contributed by atoms with E-state index < -0.39 is 36.2 Å². The molecule has 0 saturated heterocycles. The van der Waals surface area contributed by atoms with Gasteiger partial charge in [-0.15, -0.1) is 0 Å². The Balaban J connectivity index is 1.94. The third-order valence-corrected chi connectivity index (χ3v) is 3.94. The van der Waals surface area contributed by atoms with Gasteiger partial charge in [-0.3, -0.25) is 14.4 Å². The van der Waals surface area contributed by atoms with Crippen LogP contribution in [0.2, 0.25) is 0 Å². The predicted octanol–water partition coefficient (Wildman–Crippen LogP) is 1.73. The second-order valence-electron chi connectivity index (χ2n) is 6.07. The number of ether oxygens (including phenoxy) is 2. The molecule has 29 heavy (non-hydrogen) atoms. The van der Waals surface area contributed by atoms with E-state index in [2.05, 4.69) is 15.4 Å². The number of amides is 2. The van der Waals surface area contributed by atoms with Gasteiger partial charge in [-0.2, -0.15) is 0 Å². The average Bonchev–Trinajstić information content (AvgIpc) is 2.76. The molecule has 8 nitrogen and oxygen atoms in total. The number of nitrogens with one attached hydrogen (secondary N) is 2. The van der Waals surface area contributed by atoms with Crippen LogP contribution < -0.4 is 10.6 Å². The van der Waals surface area contributed by atoms with Crippen LogP contribution in [0, 0.1) is 0 Å². The van der Waals surface area contributed by atoms with Gasteiger partial charge in [0.05, 0.1) is 13.5 Å². The highest BCUT2D eigenvalue weighted by atomic mass is 16.5. The lowest BCUT2D eigenvalue weighted by Crippen LogP contribution is -2.48. The Morgan fingerprint density at radius 1 is 0.897 bits per heavy atom. The van der Waals surface area contributed by atoms with Crippen molar-refractivity contribution in [2.75, 3.05) is 7.11 Å². The quantitative estimate of drug-likeness (QED) is 0.492. The van der Waals surface area contributed by atoms with E-state index >= 15 is 0 Å². The summed E-state index contributed by atoms with van der Waals surface area (Å²) >= 11 is 0. The summed E-state index contributed by atoms with van der Waals surface area (Å²) < 4.78 is 9.58. The number of alkyl carbamates (subject to hydrolysis) is 1. The molecule has 0 aromatic heterocycles. The Morgan fingerprint density at radius 2 is 1.48 bits per heavy atom. The van der Waals surface area contributed by atoms with E-state index in [-0.39, 0.29) is 13.2 Å². The lowest BCUT2D eigenvalue weighted by atomic mass is 10.1. The van der Waals surface area contributed by atoms with E-state index in [0.717, 1.165) is 18.2 Å². The molecular weight excluding hydrogens is 376 g/mol. The third-order valence-electron chi connectivity index (χ3n) is 3.94. The molecule has 0 spiro atoms. The molecule has 0 aliphatic heterocycles. The fourth-order valence-corrected chi connectivity index (χ4v) is 2.39. The van der Waals surface area contributed by atoms with E-state index in [4.69, 9.17) is 4.74 Å². The third kappa shape index (κ3) is 7.45. The Morgan fingerprint density at radius 3 is 2.07 bits per heavy atom. The minimum atomic E-state index is -1.40. The van der Waals surface area contributed by atoms with Crippen molar-refractivity contribution in [1.82, 2.24) is 10.6 Å². The molecule has 2 aromatic carbocycles. The maximum atomic E-state index is 12.4. The number of ketones is 1. The van der Waals surface area contributed by atoms with Crippen LogP contribution in [0.3, 0.4) is 0 Å². The molecule has 2 N–H and O–H groups in total. The molecule has 0 radical (unpaired) electrons. The fraction of sp³-hybridized carbons (Fsp3) is 0.238. The van der Waals surface area contributed by atoms with Gasteiger partial charge in [0.1, 0.15) is 12.6 Å². The minimum Gasteiger partial charge on any atom is -0.469 e. The van der Waals surface area contributed by atoms with Crippen molar-refractivity contribution in [3.05, 3.63) is 71.8 Å². The molecule has 152 valence electrons. The van der Waals surface area contributed by atoms with Crippen molar-refractivity contribution < 1.29 is 28.7 Å². The molecule has 8 heteroatoms. The van der Waals surface area contributed by atoms with Gasteiger partial charge in [0.25, 0.3) is 5.91 Å². The predicted molar refractivity (Wildman–Crippen MR) is 103 cm³/mol. The summed E-state index contributed by atoms with van der Waals surface area (Å²) in [6.07, 6.45) is -1.42. The van der Waals surface area contributed by atoms with Crippen LogP contribution in [0.5, 0.6) is 0 Å². The first-order valence-electron chi connectivity index (χ1n) is 8.89. The summed E-state index contributed by atoms with van der Waals surface area (Å²) in [4.78, 5) is 48.2. The summed E-state index contributed by atoms with van der Waals surface area (Å²) in [5, 5.41) is 4.73. The first-order valence-corrected chi connectivity index (χ1v) is 8.89. The molecule has 0 fully saturated rings. The van der Waals surface area contributed by atoms with Gasteiger partial charge >= 0.3 is 12.1 Å². The van der Waals surface area contributed by atoms with Crippen molar-refractivity contribution in [1.29, 1.82) is 0 Å². The maximum Gasteiger partial charge on any atom is 0.408 e. The highest BCUT2D eigenvalue weighted by Crippen LogP contribution is 2.03. The summed E-state index contributed by atoms with van der Waals surface area (Å²) in [5.74, 6) is -2.64. The number of hydrogen-bond donors (Lipinski definition) is 2. The number of benzene rings is 2. The second kappa shape index (κ2) is 11.2. The van der Waals surface area contributed by atoms with Crippen LogP contribution in [-0.2, 0) is 37.0 Å². The van der Waals surface area contributed by atoms with E-state index in [9.17, 15) is 19.2 Å². The molecular formula is C21H22N2O6. The number of rotatable bonds is 9. The topological polar surface area (TPSA) is 111 Å². The fourth-order valence-electron chi connectivity index (χ4n) is 2.39. The zero-order valence-corrected chi connectivity index (χ0v) is 15.9. The van der Waals surface area contributed by atoms with Crippen LogP contribution in [0.4, 0.5) is 4.79 Å². The summed E-state index contributed by atoms with van der Waals surface area (Å²) in [6.45, 7) is 0.112. The number of methoxy groups -OCH3 is 1. The van der Waals surface area contributed by atoms with E-state index in [1.54, 1.807) is 48.5 Å². The lowest BCUT2D eigenvalue weighted by Gasteiger charge is -2.16. The molecule has 2 amide bonds. The molecule has 0 aliphatic carbocycles. The largest absolute Gasteiger partial charge is 0.469 e.